The van der Waals surface area contributed by atoms with E-state index < -0.39 is 0 Å². The van der Waals surface area contributed by atoms with Gasteiger partial charge in [-0.25, -0.2) is 4.79 Å². The highest BCUT2D eigenvalue weighted by Crippen LogP contribution is 2.27. The predicted octanol–water partition coefficient (Wildman–Crippen LogP) is 1.99. The van der Waals surface area contributed by atoms with Crippen LogP contribution in [0.4, 0.5) is 10.5 Å². The van der Waals surface area contributed by atoms with Gasteiger partial charge in [-0.05, 0) is 44.9 Å². The van der Waals surface area contributed by atoms with Crippen LogP contribution in [0.25, 0.3) is 0 Å². The summed E-state index contributed by atoms with van der Waals surface area (Å²) >= 11 is 0. The van der Waals surface area contributed by atoms with Crippen molar-refractivity contribution in [3.8, 4) is 0 Å². The van der Waals surface area contributed by atoms with Crippen LogP contribution in [0.2, 0.25) is 0 Å². The minimum atomic E-state index is -0.358. The summed E-state index contributed by atoms with van der Waals surface area (Å²) in [5, 5.41) is 5.44. The van der Waals surface area contributed by atoms with Gasteiger partial charge in [-0.15, -0.1) is 0 Å². The number of rotatable bonds is 4. The predicted molar refractivity (Wildman–Crippen MR) is 88.1 cm³/mol. The molecule has 1 atom stereocenters. The highest BCUT2D eigenvalue weighted by atomic mass is 16.5. The number of hydrogen-bond donors (Lipinski definition) is 2. The number of nitrogens with zero attached hydrogens (tertiary/aromatic N) is 1. The molecular formula is C17H21N3O4. The van der Waals surface area contributed by atoms with Crippen molar-refractivity contribution in [2.45, 2.75) is 38.8 Å². The Morgan fingerprint density at radius 2 is 2.04 bits per heavy atom. The van der Waals surface area contributed by atoms with Crippen LogP contribution in [-0.4, -0.2) is 48.0 Å². The highest BCUT2D eigenvalue weighted by molar-refractivity contribution is 6.22. The van der Waals surface area contributed by atoms with Gasteiger partial charge in [0.25, 0.3) is 11.8 Å². The number of fused-ring (bicyclic) bond motifs is 1. The SMILES string of the molecule is CC(C)N1C(=O)c2ccc(NC(=O)NCC3CCCO3)cc2C1=O. The summed E-state index contributed by atoms with van der Waals surface area (Å²) in [7, 11) is 0. The first-order valence-electron chi connectivity index (χ1n) is 8.15. The maximum atomic E-state index is 12.3. The van der Waals surface area contributed by atoms with Crippen molar-refractivity contribution in [3.05, 3.63) is 29.3 Å². The fourth-order valence-electron chi connectivity index (χ4n) is 2.99. The van der Waals surface area contributed by atoms with Crippen molar-refractivity contribution < 1.29 is 19.1 Å². The quantitative estimate of drug-likeness (QED) is 0.826. The second kappa shape index (κ2) is 6.60. The highest BCUT2D eigenvalue weighted by Gasteiger charge is 2.37. The molecule has 4 amide bonds. The summed E-state index contributed by atoms with van der Waals surface area (Å²) in [5.74, 6) is -0.618. The number of benzene rings is 1. The molecule has 128 valence electrons. The molecule has 2 heterocycles. The van der Waals surface area contributed by atoms with Crippen LogP contribution in [0.15, 0.2) is 18.2 Å². The molecule has 1 fully saturated rings. The number of urea groups is 1. The number of carbonyl (C=O) groups excluding carboxylic acids is 3. The standard InChI is InChI=1S/C17H21N3O4/c1-10(2)20-15(21)13-6-5-11(8-14(13)16(20)22)19-17(23)18-9-12-4-3-7-24-12/h5-6,8,10,12H,3-4,7,9H2,1-2H3,(H2,18,19,23). The normalized spacial score (nSPS) is 19.8. The summed E-state index contributed by atoms with van der Waals surface area (Å²) in [4.78, 5) is 37.7. The molecule has 0 aliphatic carbocycles. The molecule has 0 radical (unpaired) electrons. The van der Waals surface area contributed by atoms with Crippen LogP contribution in [0.3, 0.4) is 0 Å². The minimum Gasteiger partial charge on any atom is -0.376 e. The molecule has 0 spiro atoms. The lowest BCUT2D eigenvalue weighted by molar-refractivity contribution is 0.0609. The van der Waals surface area contributed by atoms with Gasteiger partial charge in [0.1, 0.15) is 0 Å². The van der Waals surface area contributed by atoms with Crippen molar-refractivity contribution >= 4 is 23.5 Å². The number of amides is 4. The van der Waals surface area contributed by atoms with E-state index in [1.165, 1.54) is 4.90 Å². The molecule has 1 saturated heterocycles. The number of nitrogens with one attached hydrogen (secondary N) is 2. The first-order valence-corrected chi connectivity index (χ1v) is 8.15. The monoisotopic (exact) mass is 331 g/mol. The molecule has 1 aromatic carbocycles. The number of hydrogen-bond acceptors (Lipinski definition) is 4. The number of imide groups is 1. The smallest absolute Gasteiger partial charge is 0.319 e. The molecule has 7 nitrogen and oxygen atoms in total. The van der Waals surface area contributed by atoms with E-state index in [2.05, 4.69) is 10.6 Å². The molecule has 1 aromatic rings. The molecule has 7 heteroatoms. The fraction of sp³-hybridized carbons (Fsp3) is 0.471. The number of anilines is 1. The summed E-state index contributed by atoms with van der Waals surface area (Å²) in [6.45, 7) is 4.77. The average Bonchev–Trinajstić information content (AvgIpc) is 3.13. The van der Waals surface area contributed by atoms with Crippen LogP contribution >= 0.6 is 0 Å². The minimum absolute atomic E-state index is 0.0644. The maximum Gasteiger partial charge on any atom is 0.319 e. The maximum absolute atomic E-state index is 12.3. The average molecular weight is 331 g/mol. The van der Waals surface area contributed by atoms with Crippen molar-refractivity contribution in [2.75, 3.05) is 18.5 Å². The first-order chi connectivity index (χ1) is 11.5. The van der Waals surface area contributed by atoms with E-state index >= 15 is 0 Å². The molecule has 2 aliphatic rings. The van der Waals surface area contributed by atoms with E-state index in [1.54, 1.807) is 32.0 Å². The van der Waals surface area contributed by atoms with Crippen LogP contribution in [0.5, 0.6) is 0 Å². The Hall–Kier alpha value is -2.41. The van der Waals surface area contributed by atoms with Gasteiger partial charge in [-0.1, -0.05) is 0 Å². The molecule has 2 aliphatic heterocycles. The van der Waals surface area contributed by atoms with E-state index in [9.17, 15) is 14.4 Å². The van der Waals surface area contributed by atoms with Gasteiger partial charge in [0.05, 0.1) is 17.2 Å². The van der Waals surface area contributed by atoms with E-state index in [0.29, 0.717) is 23.4 Å². The second-order valence-corrected chi connectivity index (χ2v) is 6.30. The Kier molecular flexibility index (Phi) is 4.53. The fourth-order valence-corrected chi connectivity index (χ4v) is 2.99. The molecule has 0 bridgehead atoms. The van der Waals surface area contributed by atoms with Crippen LogP contribution < -0.4 is 10.6 Å². The topological polar surface area (TPSA) is 87.7 Å². The summed E-state index contributed by atoms with van der Waals surface area (Å²) in [6.07, 6.45) is 2.02. The van der Waals surface area contributed by atoms with Gasteiger partial charge in [0.2, 0.25) is 0 Å². The van der Waals surface area contributed by atoms with Crippen molar-refractivity contribution in [3.63, 3.8) is 0 Å². The van der Waals surface area contributed by atoms with Crippen molar-refractivity contribution in [2.24, 2.45) is 0 Å². The summed E-state index contributed by atoms with van der Waals surface area (Å²) in [5.41, 5.74) is 1.18. The zero-order chi connectivity index (χ0) is 17.3. The van der Waals surface area contributed by atoms with Gasteiger partial charge in [-0.3, -0.25) is 14.5 Å². The molecule has 1 unspecified atom stereocenters. The van der Waals surface area contributed by atoms with Crippen molar-refractivity contribution in [1.82, 2.24) is 10.2 Å². The van der Waals surface area contributed by atoms with Gasteiger partial charge in [0.15, 0.2) is 0 Å². The molecule has 0 saturated carbocycles. The Bertz CT molecular complexity index is 680. The third-order valence-electron chi connectivity index (χ3n) is 4.21. The lowest BCUT2D eigenvalue weighted by Crippen LogP contribution is -2.36. The van der Waals surface area contributed by atoms with Crippen LogP contribution in [0.1, 0.15) is 47.4 Å². The molecule has 24 heavy (non-hydrogen) atoms. The van der Waals surface area contributed by atoms with E-state index in [0.717, 1.165) is 19.4 Å². The molecule has 2 N–H and O–H groups in total. The second-order valence-electron chi connectivity index (χ2n) is 6.30. The largest absolute Gasteiger partial charge is 0.376 e. The third kappa shape index (κ3) is 3.12. The van der Waals surface area contributed by atoms with Gasteiger partial charge < -0.3 is 15.4 Å². The molecule has 3 rings (SSSR count). The van der Waals surface area contributed by atoms with E-state index in [1.807, 2.05) is 0 Å². The third-order valence-corrected chi connectivity index (χ3v) is 4.21. The summed E-state index contributed by atoms with van der Waals surface area (Å²) < 4.78 is 5.44. The molecule has 0 aromatic heterocycles. The van der Waals surface area contributed by atoms with Crippen molar-refractivity contribution in [1.29, 1.82) is 0 Å². The van der Waals surface area contributed by atoms with Gasteiger partial charge >= 0.3 is 6.03 Å². The lowest BCUT2D eigenvalue weighted by Gasteiger charge is -2.17. The van der Waals surface area contributed by atoms with E-state index in [-0.39, 0.29) is 30.0 Å². The zero-order valence-electron chi connectivity index (χ0n) is 13.8. The van der Waals surface area contributed by atoms with Crippen LogP contribution in [-0.2, 0) is 4.74 Å². The zero-order valence-corrected chi connectivity index (χ0v) is 13.8. The Morgan fingerprint density at radius 3 is 2.71 bits per heavy atom. The first kappa shape index (κ1) is 16.4. The number of carbonyl (C=O) groups is 3. The summed E-state index contributed by atoms with van der Waals surface area (Å²) in [6, 6.07) is 4.18. The van der Waals surface area contributed by atoms with Gasteiger partial charge in [0, 0.05) is 24.9 Å². The Balaban J connectivity index is 1.65. The number of ether oxygens (including phenoxy) is 1. The Morgan fingerprint density at radius 1 is 1.29 bits per heavy atom. The Labute approximate surface area is 140 Å². The van der Waals surface area contributed by atoms with E-state index in [4.69, 9.17) is 4.74 Å². The lowest BCUT2D eigenvalue weighted by atomic mass is 10.1. The van der Waals surface area contributed by atoms with Gasteiger partial charge in [-0.2, -0.15) is 0 Å². The van der Waals surface area contributed by atoms with Crippen LogP contribution in [0, 0.1) is 0 Å². The molecular weight excluding hydrogens is 310 g/mol.